The monoisotopic (exact) mass is 468 g/mol. The minimum Gasteiger partial charge on any atom is -0.351 e. The van der Waals surface area contributed by atoms with Gasteiger partial charge >= 0.3 is 0 Å². The Bertz CT molecular complexity index is 1290. The molecular formula is C26H28N8O. The topological polar surface area (TPSA) is 101 Å². The average molecular weight is 469 g/mol. The highest BCUT2D eigenvalue weighted by molar-refractivity contribution is 5.94. The maximum Gasteiger partial charge on any atom is 0.251 e. The van der Waals surface area contributed by atoms with Gasteiger partial charge in [0.1, 0.15) is 6.33 Å². The molecule has 9 heteroatoms. The molecule has 0 saturated carbocycles. The van der Waals surface area contributed by atoms with E-state index in [0.29, 0.717) is 30.1 Å². The quantitative estimate of drug-likeness (QED) is 0.388. The first kappa shape index (κ1) is 22.8. The molecule has 178 valence electrons. The molecule has 1 N–H and O–H groups in total. The Kier molecular flexibility index (Phi) is 7.14. The van der Waals surface area contributed by atoms with Crippen molar-refractivity contribution in [2.45, 2.75) is 25.8 Å². The SMILES string of the molecule is O=C(NCCN1CCCCC1)c1ccc(CN=Nc2ncnc3c2cnn3-c2ccccc2)cc1. The third kappa shape index (κ3) is 5.58. The van der Waals surface area contributed by atoms with Crippen molar-refractivity contribution in [3.8, 4) is 5.69 Å². The molecule has 0 atom stereocenters. The molecule has 0 unspecified atom stereocenters. The van der Waals surface area contributed by atoms with Crippen molar-refractivity contribution < 1.29 is 4.79 Å². The number of likely N-dealkylation sites (tertiary alicyclic amines) is 1. The second-order valence-corrected chi connectivity index (χ2v) is 8.58. The molecule has 0 bridgehead atoms. The van der Waals surface area contributed by atoms with Gasteiger partial charge in [0.05, 0.1) is 23.8 Å². The van der Waals surface area contributed by atoms with E-state index in [1.54, 1.807) is 10.9 Å². The summed E-state index contributed by atoms with van der Waals surface area (Å²) in [5.74, 6) is 0.427. The Balaban J connectivity index is 1.18. The first-order chi connectivity index (χ1) is 17.3. The molecule has 1 saturated heterocycles. The summed E-state index contributed by atoms with van der Waals surface area (Å²) in [7, 11) is 0. The van der Waals surface area contributed by atoms with Crippen LogP contribution in [0.5, 0.6) is 0 Å². The normalized spacial score (nSPS) is 14.5. The van der Waals surface area contributed by atoms with Crippen molar-refractivity contribution >= 4 is 22.8 Å². The number of azo groups is 1. The van der Waals surface area contributed by atoms with Gasteiger partial charge in [-0.25, -0.2) is 14.6 Å². The Morgan fingerprint density at radius 2 is 1.77 bits per heavy atom. The molecule has 2 aromatic heterocycles. The Hall–Kier alpha value is -3.98. The summed E-state index contributed by atoms with van der Waals surface area (Å²) in [5, 5.41) is 16.8. The predicted octanol–water partition coefficient (Wildman–Crippen LogP) is 4.32. The van der Waals surface area contributed by atoms with E-state index in [4.69, 9.17) is 0 Å². The highest BCUT2D eigenvalue weighted by Crippen LogP contribution is 2.24. The van der Waals surface area contributed by atoms with Crippen LogP contribution in [-0.2, 0) is 6.54 Å². The van der Waals surface area contributed by atoms with Gasteiger partial charge in [-0.3, -0.25) is 4.79 Å². The fourth-order valence-corrected chi connectivity index (χ4v) is 4.23. The van der Waals surface area contributed by atoms with Crippen LogP contribution in [0.4, 0.5) is 5.82 Å². The van der Waals surface area contributed by atoms with Crippen molar-refractivity contribution in [1.82, 2.24) is 30.0 Å². The summed E-state index contributed by atoms with van der Waals surface area (Å²) in [6, 6.07) is 17.3. The summed E-state index contributed by atoms with van der Waals surface area (Å²) in [6.45, 7) is 4.23. The van der Waals surface area contributed by atoms with E-state index in [0.717, 1.165) is 36.3 Å². The van der Waals surface area contributed by atoms with Crippen LogP contribution in [0.3, 0.4) is 0 Å². The van der Waals surface area contributed by atoms with E-state index in [2.05, 4.69) is 35.5 Å². The number of nitrogens with one attached hydrogen (secondary N) is 1. The van der Waals surface area contributed by atoms with Crippen molar-refractivity contribution in [3.63, 3.8) is 0 Å². The maximum atomic E-state index is 12.4. The zero-order valence-corrected chi connectivity index (χ0v) is 19.5. The van der Waals surface area contributed by atoms with Crippen LogP contribution in [0.25, 0.3) is 16.7 Å². The van der Waals surface area contributed by atoms with E-state index in [1.165, 1.54) is 25.6 Å². The lowest BCUT2D eigenvalue weighted by Crippen LogP contribution is -2.37. The van der Waals surface area contributed by atoms with E-state index in [-0.39, 0.29) is 5.91 Å². The van der Waals surface area contributed by atoms with Gasteiger partial charge in [-0.15, -0.1) is 5.11 Å². The summed E-state index contributed by atoms with van der Waals surface area (Å²) in [4.78, 5) is 23.5. The average Bonchev–Trinajstić information content (AvgIpc) is 3.35. The Morgan fingerprint density at radius 3 is 2.57 bits per heavy atom. The van der Waals surface area contributed by atoms with Crippen molar-refractivity contribution in [2.24, 2.45) is 10.2 Å². The molecule has 3 heterocycles. The van der Waals surface area contributed by atoms with Gasteiger partial charge in [0.15, 0.2) is 11.5 Å². The van der Waals surface area contributed by atoms with Crippen molar-refractivity contribution in [2.75, 3.05) is 26.2 Å². The van der Waals surface area contributed by atoms with Gasteiger partial charge in [-0.2, -0.15) is 10.2 Å². The van der Waals surface area contributed by atoms with E-state index in [1.807, 2.05) is 54.6 Å². The molecule has 9 nitrogen and oxygen atoms in total. The van der Waals surface area contributed by atoms with E-state index >= 15 is 0 Å². The van der Waals surface area contributed by atoms with Gasteiger partial charge in [0.2, 0.25) is 0 Å². The molecule has 5 rings (SSSR count). The molecule has 4 aromatic rings. The van der Waals surface area contributed by atoms with Crippen LogP contribution in [0.1, 0.15) is 35.2 Å². The van der Waals surface area contributed by atoms with Crippen LogP contribution < -0.4 is 5.32 Å². The zero-order valence-electron chi connectivity index (χ0n) is 19.5. The molecule has 2 aromatic carbocycles. The molecule has 0 aliphatic carbocycles. The number of aromatic nitrogens is 4. The molecule has 1 fully saturated rings. The molecule has 1 aliphatic heterocycles. The first-order valence-electron chi connectivity index (χ1n) is 12.0. The Morgan fingerprint density at radius 1 is 0.971 bits per heavy atom. The molecule has 0 spiro atoms. The fraction of sp³-hybridized carbons (Fsp3) is 0.308. The van der Waals surface area contributed by atoms with Gasteiger partial charge in [0, 0.05) is 18.7 Å². The number of carbonyl (C=O) groups excluding carboxylic acids is 1. The number of hydrogen-bond acceptors (Lipinski definition) is 7. The highest BCUT2D eigenvalue weighted by Gasteiger charge is 2.12. The zero-order chi connectivity index (χ0) is 23.9. The molecule has 1 aliphatic rings. The third-order valence-corrected chi connectivity index (χ3v) is 6.14. The number of nitrogens with zero attached hydrogens (tertiary/aromatic N) is 7. The van der Waals surface area contributed by atoms with Crippen molar-refractivity contribution in [1.29, 1.82) is 0 Å². The largest absolute Gasteiger partial charge is 0.351 e. The van der Waals surface area contributed by atoms with Crippen molar-refractivity contribution in [3.05, 3.63) is 78.2 Å². The van der Waals surface area contributed by atoms with Crippen LogP contribution in [0, 0.1) is 0 Å². The van der Waals surface area contributed by atoms with Gasteiger partial charge in [0.25, 0.3) is 5.91 Å². The molecule has 1 amide bonds. The number of rotatable bonds is 8. The predicted molar refractivity (Wildman–Crippen MR) is 134 cm³/mol. The summed E-state index contributed by atoms with van der Waals surface area (Å²) in [5.41, 5.74) is 3.20. The summed E-state index contributed by atoms with van der Waals surface area (Å²) in [6.07, 6.45) is 7.00. The first-order valence-corrected chi connectivity index (χ1v) is 12.0. The van der Waals surface area contributed by atoms with E-state index < -0.39 is 0 Å². The number of piperidine rings is 1. The number of para-hydroxylation sites is 1. The number of amides is 1. The third-order valence-electron chi connectivity index (χ3n) is 6.14. The minimum atomic E-state index is -0.0472. The number of hydrogen-bond donors (Lipinski definition) is 1. The lowest BCUT2D eigenvalue weighted by atomic mass is 10.1. The van der Waals surface area contributed by atoms with Crippen LogP contribution in [0.15, 0.2) is 77.3 Å². The number of fused-ring (bicyclic) bond motifs is 1. The highest BCUT2D eigenvalue weighted by atomic mass is 16.1. The number of benzene rings is 2. The lowest BCUT2D eigenvalue weighted by molar-refractivity contribution is 0.0946. The van der Waals surface area contributed by atoms with E-state index in [9.17, 15) is 4.79 Å². The van der Waals surface area contributed by atoms with Gasteiger partial charge in [-0.05, 0) is 55.8 Å². The van der Waals surface area contributed by atoms with Crippen LogP contribution in [-0.4, -0.2) is 56.7 Å². The molecule has 0 radical (unpaired) electrons. The summed E-state index contributed by atoms with van der Waals surface area (Å²) >= 11 is 0. The van der Waals surface area contributed by atoms with Crippen LogP contribution >= 0.6 is 0 Å². The smallest absolute Gasteiger partial charge is 0.251 e. The Labute approximate surface area is 203 Å². The molecular weight excluding hydrogens is 440 g/mol. The van der Waals surface area contributed by atoms with Crippen LogP contribution in [0.2, 0.25) is 0 Å². The minimum absolute atomic E-state index is 0.0472. The van der Waals surface area contributed by atoms with Gasteiger partial charge in [-0.1, -0.05) is 36.8 Å². The fourth-order valence-electron chi connectivity index (χ4n) is 4.23. The number of carbonyl (C=O) groups is 1. The maximum absolute atomic E-state index is 12.4. The molecule has 35 heavy (non-hydrogen) atoms. The second kappa shape index (κ2) is 11.0. The standard InChI is InChI=1S/C26H28N8O/c35-26(27-13-16-33-14-5-2-6-15-33)21-11-9-20(10-12-21)17-30-32-24-23-18-31-34(25(23)29-19-28-24)22-7-3-1-4-8-22/h1,3-4,7-12,18-19H,2,5-6,13-17H2,(H,27,35). The summed E-state index contributed by atoms with van der Waals surface area (Å²) < 4.78 is 1.76. The lowest BCUT2D eigenvalue weighted by Gasteiger charge is -2.26. The second-order valence-electron chi connectivity index (χ2n) is 8.58. The van der Waals surface area contributed by atoms with Gasteiger partial charge < -0.3 is 10.2 Å².